The molecular formula is C14H14N4O5. The monoisotopic (exact) mass is 318 g/mol. The van der Waals surface area contributed by atoms with Gasteiger partial charge in [0.2, 0.25) is 0 Å². The van der Waals surface area contributed by atoms with Gasteiger partial charge in [-0.15, -0.1) is 0 Å². The molecule has 1 aromatic heterocycles. The minimum absolute atomic E-state index is 0.0381. The van der Waals surface area contributed by atoms with E-state index in [-0.39, 0.29) is 16.9 Å². The summed E-state index contributed by atoms with van der Waals surface area (Å²) in [7, 11) is 1.67. The number of rotatable bonds is 5. The minimum atomic E-state index is -0.687. The van der Waals surface area contributed by atoms with Crippen molar-refractivity contribution in [1.29, 1.82) is 0 Å². The normalized spacial score (nSPS) is 10.2. The van der Waals surface area contributed by atoms with E-state index in [1.54, 1.807) is 20.0 Å². The maximum Gasteiger partial charge on any atom is 0.342 e. The van der Waals surface area contributed by atoms with Crippen LogP contribution in [0, 0.1) is 17.0 Å². The summed E-state index contributed by atoms with van der Waals surface area (Å²) in [6.07, 6.45) is 1.34. The zero-order valence-electron chi connectivity index (χ0n) is 12.5. The van der Waals surface area contributed by atoms with Crippen molar-refractivity contribution in [2.24, 2.45) is 7.05 Å². The van der Waals surface area contributed by atoms with Gasteiger partial charge < -0.3 is 10.1 Å². The van der Waals surface area contributed by atoms with Crippen molar-refractivity contribution in [2.45, 2.75) is 6.92 Å². The van der Waals surface area contributed by atoms with E-state index in [2.05, 4.69) is 10.4 Å². The fourth-order valence-corrected chi connectivity index (χ4v) is 1.83. The van der Waals surface area contributed by atoms with Crippen LogP contribution in [0.3, 0.4) is 0 Å². The highest BCUT2D eigenvalue weighted by Gasteiger charge is 2.18. The third kappa shape index (κ3) is 3.70. The molecule has 0 aliphatic heterocycles. The number of nitro benzene ring substituents is 1. The van der Waals surface area contributed by atoms with Crippen LogP contribution >= 0.6 is 0 Å². The summed E-state index contributed by atoms with van der Waals surface area (Å²) in [6.45, 7) is 1.14. The van der Waals surface area contributed by atoms with Gasteiger partial charge >= 0.3 is 5.97 Å². The number of nitrogens with zero attached hydrogens (tertiary/aromatic N) is 3. The lowest BCUT2D eigenvalue weighted by atomic mass is 10.2. The Labute approximate surface area is 131 Å². The Morgan fingerprint density at radius 3 is 2.70 bits per heavy atom. The highest BCUT2D eigenvalue weighted by molar-refractivity contribution is 5.97. The summed E-state index contributed by atoms with van der Waals surface area (Å²) in [5, 5.41) is 17.1. The van der Waals surface area contributed by atoms with Gasteiger partial charge in [-0.25, -0.2) is 4.79 Å². The Balaban J connectivity index is 1.97. The van der Waals surface area contributed by atoms with Crippen LogP contribution in [0.15, 0.2) is 30.5 Å². The molecule has 0 atom stereocenters. The number of carbonyl (C=O) groups is 2. The zero-order valence-corrected chi connectivity index (χ0v) is 12.5. The SMILES string of the molecule is Cc1c(C(=O)OCC(=O)Nc2ccccc2[N+](=O)[O-])cnn1C. The maximum absolute atomic E-state index is 11.8. The molecule has 0 aliphatic rings. The average Bonchev–Trinajstić information content (AvgIpc) is 2.85. The molecule has 1 N–H and O–H groups in total. The maximum atomic E-state index is 11.8. The van der Waals surface area contributed by atoms with Crippen LogP contribution < -0.4 is 5.32 Å². The van der Waals surface area contributed by atoms with Crippen molar-refractivity contribution < 1.29 is 19.2 Å². The van der Waals surface area contributed by atoms with Gasteiger partial charge in [-0.1, -0.05) is 12.1 Å². The molecule has 9 heteroatoms. The van der Waals surface area contributed by atoms with E-state index in [4.69, 9.17) is 4.74 Å². The van der Waals surface area contributed by atoms with Crippen LogP contribution in [0.5, 0.6) is 0 Å². The molecule has 2 rings (SSSR count). The number of hydrogen-bond acceptors (Lipinski definition) is 6. The largest absolute Gasteiger partial charge is 0.452 e. The Morgan fingerprint density at radius 1 is 1.39 bits per heavy atom. The van der Waals surface area contributed by atoms with Crippen molar-refractivity contribution >= 4 is 23.3 Å². The predicted octanol–water partition coefficient (Wildman–Crippen LogP) is 1.43. The average molecular weight is 318 g/mol. The highest BCUT2D eigenvalue weighted by Crippen LogP contribution is 2.22. The third-order valence-corrected chi connectivity index (χ3v) is 3.16. The summed E-state index contributed by atoms with van der Waals surface area (Å²) in [5.74, 6) is -1.36. The molecule has 120 valence electrons. The number of ether oxygens (including phenoxy) is 1. The first-order valence-corrected chi connectivity index (χ1v) is 6.59. The molecule has 0 saturated carbocycles. The molecule has 0 spiro atoms. The second-order valence-electron chi connectivity index (χ2n) is 4.67. The van der Waals surface area contributed by atoms with Gasteiger partial charge in [0.1, 0.15) is 11.3 Å². The van der Waals surface area contributed by atoms with Gasteiger partial charge in [0.15, 0.2) is 6.61 Å². The summed E-state index contributed by atoms with van der Waals surface area (Å²) in [5.41, 5.74) is 0.659. The molecule has 0 bridgehead atoms. The Hall–Kier alpha value is -3.23. The number of amides is 1. The number of para-hydroxylation sites is 2. The van der Waals surface area contributed by atoms with E-state index >= 15 is 0 Å². The van der Waals surface area contributed by atoms with Gasteiger partial charge in [0.05, 0.1) is 11.1 Å². The van der Waals surface area contributed by atoms with E-state index < -0.39 is 23.4 Å². The van der Waals surface area contributed by atoms with Crippen LogP contribution in [0.4, 0.5) is 11.4 Å². The smallest absolute Gasteiger partial charge is 0.342 e. The Bertz CT molecular complexity index is 768. The molecule has 0 radical (unpaired) electrons. The van der Waals surface area contributed by atoms with E-state index in [0.29, 0.717) is 5.69 Å². The van der Waals surface area contributed by atoms with Crippen molar-refractivity contribution in [1.82, 2.24) is 9.78 Å². The molecule has 0 saturated heterocycles. The molecule has 0 unspecified atom stereocenters. The van der Waals surface area contributed by atoms with E-state index in [1.807, 2.05) is 0 Å². The number of anilines is 1. The number of nitro groups is 1. The number of nitrogens with one attached hydrogen (secondary N) is 1. The van der Waals surface area contributed by atoms with Crippen molar-refractivity contribution in [3.05, 3.63) is 51.8 Å². The number of benzene rings is 1. The van der Waals surface area contributed by atoms with Crippen molar-refractivity contribution in [3.63, 3.8) is 0 Å². The Morgan fingerprint density at radius 2 is 2.09 bits per heavy atom. The highest BCUT2D eigenvalue weighted by atomic mass is 16.6. The number of aromatic nitrogens is 2. The second-order valence-corrected chi connectivity index (χ2v) is 4.67. The topological polar surface area (TPSA) is 116 Å². The fraction of sp³-hybridized carbons (Fsp3) is 0.214. The standard InChI is InChI=1S/C14H14N4O5/c1-9-10(7-15-17(9)2)14(20)23-8-13(19)16-11-5-3-4-6-12(11)18(21)22/h3-7H,8H2,1-2H3,(H,16,19). The molecule has 23 heavy (non-hydrogen) atoms. The van der Waals surface area contributed by atoms with Gasteiger partial charge in [0, 0.05) is 18.8 Å². The molecule has 2 aromatic rings. The van der Waals surface area contributed by atoms with E-state index in [9.17, 15) is 19.7 Å². The third-order valence-electron chi connectivity index (χ3n) is 3.16. The molecule has 0 fully saturated rings. The minimum Gasteiger partial charge on any atom is -0.452 e. The molecule has 1 heterocycles. The number of carbonyl (C=O) groups excluding carboxylic acids is 2. The van der Waals surface area contributed by atoms with Gasteiger partial charge in [-0.2, -0.15) is 5.10 Å². The number of hydrogen-bond donors (Lipinski definition) is 1. The lowest BCUT2D eigenvalue weighted by Crippen LogP contribution is -2.21. The lowest BCUT2D eigenvalue weighted by molar-refractivity contribution is -0.383. The van der Waals surface area contributed by atoms with Crippen LogP contribution in [0.25, 0.3) is 0 Å². The van der Waals surface area contributed by atoms with Crippen LogP contribution in [-0.2, 0) is 16.6 Å². The summed E-state index contributed by atoms with van der Waals surface area (Å²) in [6, 6.07) is 5.69. The first-order chi connectivity index (χ1) is 10.9. The zero-order chi connectivity index (χ0) is 17.0. The molecular weight excluding hydrogens is 304 g/mol. The van der Waals surface area contributed by atoms with Crippen LogP contribution in [-0.4, -0.2) is 33.2 Å². The summed E-state index contributed by atoms with van der Waals surface area (Å²) >= 11 is 0. The van der Waals surface area contributed by atoms with E-state index in [1.165, 1.54) is 29.1 Å². The fourth-order valence-electron chi connectivity index (χ4n) is 1.83. The number of aryl methyl sites for hydroxylation is 1. The predicted molar refractivity (Wildman–Crippen MR) is 80.0 cm³/mol. The van der Waals surface area contributed by atoms with Crippen LogP contribution in [0.2, 0.25) is 0 Å². The van der Waals surface area contributed by atoms with Gasteiger partial charge in [-0.05, 0) is 13.0 Å². The second kappa shape index (κ2) is 6.69. The van der Waals surface area contributed by atoms with Gasteiger partial charge in [-0.3, -0.25) is 19.6 Å². The number of esters is 1. The summed E-state index contributed by atoms with van der Waals surface area (Å²) < 4.78 is 6.39. The van der Waals surface area contributed by atoms with Crippen molar-refractivity contribution in [2.75, 3.05) is 11.9 Å². The first kappa shape index (κ1) is 16.1. The van der Waals surface area contributed by atoms with Gasteiger partial charge in [0.25, 0.3) is 11.6 Å². The first-order valence-electron chi connectivity index (χ1n) is 6.59. The van der Waals surface area contributed by atoms with E-state index in [0.717, 1.165) is 0 Å². The molecule has 0 aliphatic carbocycles. The lowest BCUT2D eigenvalue weighted by Gasteiger charge is -2.07. The molecule has 9 nitrogen and oxygen atoms in total. The quantitative estimate of drug-likeness (QED) is 0.506. The summed E-state index contributed by atoms with van der Waals surface area (Å²) in [4.78, 5) is 33.9. The van der Waals surface area contributed by atoms with Crippen LogP contribution in [0.1, 0.15) is 16.1 Å². The van der Waals surface area contributed by atoms with Crippen molar-refractivity contribution in [3.8, 4) is 0 Å². The molecule has 1 amide bonds. The Kier molecular flexibility index (Phi) is 4.69. The molecule has 1 aromatic carbocycles.